The van der Waals surface area contributed by atoms with Gasteiger partial charge in [0, 0.05) is 23.6 Å². The first-order valence-electron chi connectivity index (χ1n) is 6.83. The normalized spacial score (nSPS) is 20.8. The molecule has 3 heteroatoms. The van der Waals surface area contributed by atoms with E-state index >= 15 is 0 Å². The van der Waals surface area contributed by atoms with Crippen LogP contribution in [0.1, 0.15) is 37.8 Å². The van der Waals surface area contributed by atoms with Crippen LogP contribution in [0.3, 0.4) is 0 Å². The van der Waals surface area contributed by atoms with Crippen molar-refractivity contribution in [2.75, 3.05) is 6.54 Å². The van der Waals surface area contributed by atoms with Gasteiger partial charge in [0.15, 0.2) is 0 Å². The number of hydrogen-bond acceptors (Lipinski definition) is 2. The standard InChI is InChI=1S/C15H23BrN2/c1-11(2)15-4-3-7-18(15)10-13-6-5-12(9-17)8-14(13)16/h5-6,8,11,15H,3-4,7,9-10,17H2,1-2H3. The van der Waals surface area contributed by atoms with Gasteiger partial charge >= 0.3 is 0 Å². The second-order valence-corrected chi connectivity index (χ2v) is 6.41. The van der Waals surface area contributed by atoms with Crippen LogP contribution >= 0.6 is 15.9 Å². The van der Waals surface area contributed by atoms with Crippen LogP contribution < -0.4 is 5.73 Å². The molecule has 1 fully saturated rings. The molecule has 1 saturated heterocycles. The Labute approximate surface area is 119 Å². The second-order valence-electron chi connectivity index (χ2n) is 5.55. The van der Waals surface area contributed by atoms with Crippen LogP contribution in [0, 0.1) is 5.92 Å². The van der Waals surface area contributed by atoms with Crippen LogP contribution in [0.4, 0.5) is 0 Å². The Kier molecular flexibility index (Phi) is 4.82. The summed E-state index contributed by atoms with van der Waals surface area (Å²) >= 11 is 3.67. The lowest BCUT2D eigenvalue weighted by molar-refractivity contribution is 0.198. The van der Waals surface area contributed by atoms with Gasteiger partial charge in [0.25, 0.3) is 0 Å². The summed E-state index contributed by atoms with van der Waals surface area (Å²) in [6.45, 7) is 7.55. The minimum atomic E-state index is 0.608. The van der Waals surface area contributed by atoms with Crippen LogP contribution in [-0.4, -0.2) is 17.5 Å². The van der Waals surface area contributed by atoms with Crippen LogP contribution in [0.2, 0.25) is 0 Å². The number of rotatable bonds is 4. The van der Waals surface area contributed by atoms with E-state index < -0.39 is 0 Å². The predicted octanol–water partition coefficient (Wildman–Crippen LogP) is 3.53. The second kappa shape index (κ2) is 6.18. The summed E-state index contributed by atoms with van der Waals surface area (Å²) in [6.07, 6.45) is 2.68. The molecule has 0 bridgehead atoms. The van der Waals surface area contributed by atoms with E-state index in [4.69, 9.17) is 5.73 Å². The highest BCUT2D eigenvalue weighted by molar-refractivity contribution is 9.10. The van der Waals surface area contributed by atoms with Crippen LogP contribution in [0.25, 0.3) is 0 Å². The Balaban J connectivity index is 2.09. The summed E-state index contributed by atoms with van der Waals surface area (Å²) in [6, 6.07) is 7.24. The minimum absolute atomic E-state index is 0.608. The number of benzene rings is 1. The number of nitrogens with zero attached hydrogens (tertiary/aromatic N) is 1. The molecule has 1 aromatic rings. The zero-order valence-electron chi connectivity index (χ0n) is 11.3. The van der Waals surface area contributed by atoms with Gasteiger partial charge in [-0.2, -0.15) is 0 Å². The fourth-order valence-electron chi connectivity index (χ4n) is 2.87. The fraction of sp³-hybridized carbons (Fsp3) is 0.600. The third-order valence-corrected chi connectivity index (χ3v) is 4.65. The molecule has 2 N–H and O–H groups in total. The van der Waals surface area contributed by atoms with Crippen molar-refractivity contribution in [1.82, 2.24) is 4.90 Å². The maximum absolute atomic E-state index is 5.66. The molecule has 0 aromatic heterocycles. The molecule has 0 radical (unpaired) electrons. The van der Waals surface area contributed by atoms with Gasteiger partial charge in [0.1, 0.15) is 0 Å². The average molecular weight is 311 g/mol. The van der Waals surface area contributed by atoms with Crippen LogP contribution in [-0.2, 0) is 13.1 Å². The number of hydrogen-bond donors (Lipinski definition) is 1. The van der Waals surface area contributed by atoms with E-state index in [9.17, 15) is 0 Å². The molecule has 1 unspecified atom stereocenters. The monoisotopic (exact) mass is 310 g/mol. The predicted molar refractivity (Wildman–Crippen MR) is 80.3 cm³/mol. The lowest BCUT2D eigenvalue weighted by Crippen LogP contribution is -2.32. The van der Waals surface area contributed by atoms with Gasteiger partial charge in [-0.15, -0.1) is 0 Å². The Bertz CT molecular complexity index is 403. The van der Waals surface area contributed by atoms with E-state index in [1.165, 1.54) is 35.0 Å². The van der Waals surface area contributed by atoms with E-state index in [0.717, 1.165) is 18.5 Å². The summed E-state index contributed by atoms with van der Waals surface area (Å²) in [5.41, 5.74) is 8.23. The van der Waals surface area contributed by atoms with E-state index in [0.29, 0.717) is 6.54 Å². The molecule has 2 rings (SSSR count). The van der Waals surface area contributed by atoms with E-state index in [-0.39, 0.29) is 0 Å². The third-order valence-electron chi connectivity index (χ3n) is 3.91. The van der Waals surface area contributed by atoms with E-state index in [1.807, 2.05) is 0 Å². The van der Waals surface area contributed by atoms with Crippen molar-refractivity contribution >= 4 is 15.9 Å². The number of nitrogens with two attached hydrogens (primary N) is 1. The number of likely N-dealkylation sites (tertiary alicyclic amines) is 1. The maximum atomic E-state index is 5.66. The van der Waals surface area contributed by atoms with Gasteiger partial charge in [0.2, 0.25) is 0 Å². The van der Waals surface area contributed by atoms with Crippen molar-refractivity contribution in [3.63, 3.8) is 0 Å². The zero-order valence-corrected chi connectivity index (χ0v) is 12.9. The van der Waals surface area contributed by atoms with Gasteiger partial charge in [-0.05, 0) is 42.5 Å². The Hall–Kier alpha value is -0.380. The molecule has 18 heavy (non-hydrogen) atoms. The van der Waals surface area contributed by atoms with E-state index in [1.54, 1.807) is 0 Å². The van der Waals surface area contributed by atoms with Gasteiger partial charge in [0.05, 0.1) is 0 Å². The highest BCUT2D eigenvalue weighted by atomic mass is 79.9. The largest absolute Gasteiger partial charge is 0.326 e. The first-order chi connectivity index (χ1) is 8.61. The van der Waals surface area contributed by atoms with Crippen LogP contribution in [0.5, 0.6) is 0 Å². The molecule has 1 aromatic carbocycles. The lowest BCUT2D eigenvalue weighted by Gasteiger charge is -2.28. The quantitative estimate of drug-likeness (QED) is 0.922. The van der Waals surface area contributed by atoms with Gasteiger partial charge in [-0.25, -0.2) is 0 Å². The van der Waals surface area contributed by atoms with E-state index in [2.05, 4.69) is 52.9 Å². The van der Waals surface area contributed by atoms with Crippen molar-refractivity contribution in [2.45, 2.75) is 45.8 Å². The summed E-state index contributed by atoms with van der Waals surface area (Å²) in [7, 11) is 0. The third kappa shape index (κ3) is 3.14. The molecule has 1 atom stereocenters. The molecule has 1 heterocycles. The molecule has 1 aliphatic heterocycles. The average Bonchev–Trinajstić information content (AvgIpc) is 2.80. The minimum Gasteiger partial charge on any atom is -0.326 e. The van der Waals surface area contributed by atoms with Gasteiger partial charge in [-0.1, -0.05) is 41.9 Å². The van der Waals surface area contributed by atoms with Crippen molar-refractivity contribution in [2.24, 2.45) is 11.7 Å². The Morgan fingerprint density at radius 3 is 2.83 bits per heavy atom. The summed E-state index contributed by atoms with van der Waals surface area (Å²) in [5.74, 6) is 0.745. The highest BCUT2D eigenvalue weighted by Gasteiger charge is 2.27. The molecule has 0 spiro atoms. The van der Waals surface area contributed by atoms with Crippen LogP contribution in [0.15, 0.2) is 22.7 Å². The summed E-state index contributed by atoms with van der Waals surface area (Å²) < 4.78 is 1.19. The molecule has 0 amide bonds. The fourth-order valence-corrected chi connectivity index (χ4v) is 3.42. The molecule has 0 aliphatic carbocycles. The molecule has 100 valence electrons. The maximum Gasteiger partial charge on any atom is 0.0247 e. The summed E-state index contributed by atoms with van der Waals surface area (Å²) in [4.78, 5) is 2.62. The van der Waals surface area contributed by atoms with Crippen molar-refractivity contribution in [3.8, 4) is 0 Å². The van der Waals surface area contributed by atoms with Gasteiger partial charge in [-0.3, -0.25) is 4.90 Å². The molecular weight excluding hydrogens is 288 g/mol. The highest BCUT2D eigenvalue weighted by Crippen LogP contribution is 2.28. The zero-order chi connectivity index (χ0) is 13.1. The lowest BCUT2D eigenvalue weighted by atomic mass is 10.0. The topological polar surface area (TPSA) is 29.3 Å². The van der Waals surface area contributed by atoms with Gasteiger partial charge < -0.3 is 5.73 Å². The smallest absolute Gasteiger partial charge is 0.0247 e. The van der Waals surface area contributed by atoms with Crippen molar-refractivity contribution in [3.05, 3.63) is 33.8 Å². The first kappa shape index (κ1) is 14.0. The molecule has 0 saturated carbocycles. The molecular formula is C15H23BrN2. The molecule has 1 aliphatic rings. The Morgan fingerprint density at radius 2 is 2.22 bits per heavy atom. The van der Waals surface area contributed by atoms with Crippen molar-refractivity contribution in [1.29, 1.82) is 0 Å². The summed E-state index contributed by atoms with van der Waals surface area (Å²) in [5, 5.41) is 0. The molecule has 2 nitrogen and oxygen atoms in total. The Morgan fingerprint density at radius 1 is 1.44 bits per heavy atom. The SMILES string of the molecule is CC(C)C1CCCN1Cc1ccc(CN)cc1Br. The van der Waals surface area contributed by atoms with Crippen molar-refractivity contribution < 1.29 is 0 Å². The first-order valence-corrected chi connectivity index (χ1v) is 7.62. The number of halogens is 1.